The number of carbonyl (C=O) groups excluding carboxylic acids is 1. The highest BCUT2D eigenvalue weighted by Gasteiger charge is 2.29. The quantitative estimate of drug-likeness (QED) is 0.833. The molecule has 1 saturated heterocycles. The largest absolute Gasteiger partial charge is 0.445 e. The van der Waals surface area contributed by atoms with E-state index in [1.54, 1.807) is 0 Å². The molecule has 24 heavy (non-hydrogen) atoms. The Morgan fingerprint density at radius 1 is 1.33 bits per heavy atom. The van der Waals surface area contributed by atoms with Gasteiger partial charge in [0.15, 0.2) is 0 Å². The van der Waals surface area contributed by atoms with Crippen LogP contribution in [0.2, 0.25) is 0 Å². The van der Waals surface area contributed by atoms with Gasteiger partial charge in [0.1, 0.15) is 6.61 Å². The van der Waals surface area contributed by atoms with Gasteiger partial charge in [-0.15, -0.1) is 0 Å². The number of amides is 1. The monoisotopic (exact) mass is 334 g/mol. The van der Waals surface area contributed by atoms with Gasteiger partial charge in [-0.3, -0.25) is 4.90 Å². The molecule has 1 N–H and O–H groups in total. The molecule has 134 valence electrons. The van der Waals surface area contributed by atoms with Crippen molar-refractivity contribution in [3.63, 3.8) is 0 Å². The first kappa shape index (κ1) is 18.7. The third kappa shape index (κ3) is 5.49. The molecule has 1 atom stereocenters. The van der Waals surface area contributed by atoms with E-state index in [0.29, 0.717) is 19.2 Å². The van der Waals surface area contributed by atoms with Crippen LogP contribution in [0.15, 0.2) is 30.3 Å². The normalized spacial score (nSPS) is 18.2. The Bertz CT molecular complexity index is 493. The zero-order chi connectivity index (χ0) is 17.4. The molecule has 0 bridgehead atoms. The van der Waals surface area contributed by atoms with E-state index in [1.165, 1.54) is 0 Å². The number of piperidine rings is 1. The van der Waals surface area contributed by atoms with Crippen LogP contribution in [0.5, 0.6) is 0 Å². The fraction of sp³-hybridized carbons (Fsp3) is 0.632. The van der Waals surface area contributed by atoms with Gasteiger partial charge < -0.3 is 14.7 Å². The van der Waals surface area contributed by atoms with Crippen LogP contribution in [0.25, 0.3) is 0 Å². The summed E-state index contributed by atoms with van der Waals surface area (Å²) < 4.78 is 5.52. The van der Waals surface area contributed by atoms with Crippen molar-refractivity contribution in [3.8, 4) is 0 Å². The Kier molecular flexibility index (Phi) is 7.53. The van der Waals surface area contributed by atoms with Gasteiger partial charge in [0.25, 0.3) is 0 Å². The van der Waals surface area contributed by atoms with E-state index in [0.717, 1.165) is 37.9 Å². The second-order valence-corrected chi connectivity index (χ2v) is 6.70. The summed E-state index contributed by atoms with van der Waals surface area (Å²) in [7, 11) is 0. The van der Waals surface area contributed by atoms with Gasteiger partial charge in [-0.25, -0.2) is 4.79 Å². The molecule has 1 fully saturated rings. The van der Waals surface area contributed by atoms with Crippen molar-refractivity contribution < 1.29 is 14.6 Å². The number of nitrogens with zero attached hydrogens (tertiary/aromatic N) is 2. The number of rotatable bonds is 7. The topological polar surface area (TPSA) is 53.0 Å². The summed E-state index contributed by atoms with van der Waals surface area (Å²) in [6.45, 7) is 6.88. The molecule has 0 saturated carbocycles. The number of hydrogen-bond acceptors (Lipinski definition) is 4. The number of hydrogen-bond donors (Lipinski definition) is 1. The summed E-state index contributed by atoms with van der Waals surface area (Å²) >= 11 is 0. The Hall–Kier alpha value is -1.59. The van der Waals surface area contributed by atoms with Crippen LogP contribution in [0.3, 0.4) is 0 Å². The lowest BCUT2D eigenvalue weighted by atomic mass is 10.0. The third-order valence-corrected chi connectivity index (χ3v) is 4.63. The van der Waals surface area contributed by atoms with Crippen molar-refractivity contribution in [1.82, 2.24) is 9.80 Å². The van der Waals surface area contributed by atoms with Crippen molar-refractivity contribution in [2.24, 2.45) is 0 Å². The zero-order valence-corrected chi connectivity index (χ0v) is 14.9. The smallest absolute Gasteiger partial charge is 0.410 e. The molecule has 1 aromatic carbocycles. The number of aliphatic hydroxyl groups is 1. The van der Waals surface area contributed by atoms with Crippen molar-refractivity contribution in [3.05, 3.63) is 35.9 Å². The van der Waals surface area contributed by atoms with Gasteiger partial charge >= 0.3 is 6.09 Å². The molecule has 2 rings (SSSR count). The highest BCUT2D eigenvalue weighted by molar-refractivity contribution is 5.68. The third-order valence-electron chi connectivity index (χ3n) is 4.63. The average Bonchev–Trinajstić information content (AvgIpc) is 2.60. The van der Waals surface area contributed by atoms with E-state index in [9.17, 15) is 9.90 Å². The van der Waals surface area contributed by atoms with Crippen molar-refractivity contribution in [2.45, 2.75) is 51.8 Å². The van der Waals surface area contributed by atoms with Gasteiger partial charge in [0, 0.05) is 31.7 Å². The zero-order valence-electron chi connectivity index (χ0n) is 14.9. The average molecular weight is 334 g/mol. The fourth-order valence-corrected chi connectivity index (χ4v) is 3.19. The van der Waals surface area contributed by atoms with E-state index in [-0.39, 0.29) is 18.7 Å². The highest BCUT2D eigenvalue weighted by Crippen LogP contribution is 2.20. The van der Waals surface area contributed by atoms with E-state index < -0.39 is 0 Å². The molecule has 0 aliphatic carbocycles. The first-order chi connectivity index (χ1) is 11.6. The minimum absolute atomic E-state index is 0.142. The van der Waals surface area contributed by atoms with Gasteiger partial charge in [0.05, 0.1) is 6.61 Å². The standard InChI is InChI=1S/C19H30N2O3/c1-16(2)20(12-13-22)14-18-10-6-7-11-21(18)19(23)24-15-17-8-4-3-5-9-17/h3-5,8-9,16,18,22H,6-7,10-15H2,1-2H3/t18-/m1/s1. The summed E-state index contributed by atoms with van der Waals surface area (Å²) in [5.74, 6) is 0. The minimum Gasteiger partial charge on any atom is -0.445 e. The van der Waals surface area contributed by atoms with Crippen LogP contribution in [0.1, 0.15) is 38.7 Å². The number of likely N-dealkylation sites (tertiary alicyclic amines) is 1. The predicted molar refractivity (Wildman–Crippen MR) is 94.8 cm³/mol. The van der Waals surface area contributed by atoms with Crippen LogP contribution in [0, 0.1) is 0 Å². The van der Waals surface area contributed by atoms with Crippen molar-refractivity contribution in [1.29, 1.82) is 0 Å². The van der Waals surface area contributed by atoms with Gasteiger partial charge in [-0.1, -0.05) is 30.3 Å². The molecule has 0 radical (unpaired) electrons. The van der Waals surface area contributed by atoms with E-state index in [1.807, 2.05) is 35.2 Å². The van der Waals surface area contributed by atoms with Crippen LogP contribution < -0.4 is 0 Å². The maximum atomic E-state index is 12.5. The molecule has 1 aromatic rings. The van der Waals surface area contributed by atoms with E-state index in [4.69, 9.17) is 4.74 Å². The molecule has 1 heterocycles. The van der Waals surface area contributed by atoms with Crippen LogP contribution in [-0.4, -0.2) is 59.3 Å². The highest BCUT2D eigenvalue weighted by atomic mass is 16.6. The molecule has 5 heteroatoms. The summed E-state index contributed by atoms with van der Waals surface area (Å²) in [6, 6.07) is 10.3. The molecular weight excluding hydrogens is 304 g/mol. The summed E-state index contributed by atoms with van der Waals surface area (Å²) in [5, 5.41) is 9.25. The van der Waals surface area contributed by atoms with Gasteiger partial charge in [0.2, 0.25) is 0 Å². The van der Waals surface area contributed by atoms with Gasteiger partial charge in [-0.2, -0.15) is 0 Å². The summed E-state index contributed by atoms with van der Waals surface area (Å²) in [6.07, 6.45) is 2.93. The molecule has 1 aliphatic heterocycles. The van der Waals surface area contributed by atoms with Crippen LogP contribution >= 0.6 is 0 Å². The number of ether oxygens (including phenoxy) is 1. The molecule has 0 aromatic heterocycles. The molecule has 0 unspecified atom stereocenters. The predicted octanol–water partition coefficient (Wildman–Crippen LogP) is 2.88. The van der Waals surface area contributed by atoms with Crippen molar-refractivity contribution in [2.75, 3.05) is 26.2 Å². The van der Waals surface area contributed by atoms with E-state index >= 15 is 0 Å². The Labute approximate surface area is 145 Å². The molecule has 0 spiro atoms. The van der Waals surface area contributed by atoms with Crippen LogP contribution in [-0.2, 0) is 11.3 Å². The molecule has 5 nitrogen and oxygen atoms in total. The van der Waals surface area contributed by atoms with Crippen LogP contribution in [0.4, 0.5) is 4.79 Å². The molecule has 1 aliphatic rings. The Balaban J connectivity index is 1.93. The number of benzene rings is 1. The first-order valence-electron chi connectivity index (χ1n) is 8.94. The second-order valence-electron chi connectivity index (χ2n) is 6.70. The van der Waals surface area contributed by atoms with Gasteiger partial charge in [-0.05, 0) is 38.7 Å². The lowest BCUT2D eigenvalue weighted by Gasteiger charge is -2.39. The SMILES string of the molecule is CC(C)N(CCO)C[C@H]1CCCCN1C(=O)OCc1ccccc1. The second kappa shape index (κ2) is 9.64. The maximum absolute atomic E-state index is 12.5. The van der Waals surface area contributed by atoms with E-state index in [2.05, 4.69) is 18.7 Å². The summed E-state index contributed by atoms with van der Waals surface area (Å²) in [4.78, 5) is 16.6. The molecule has 1 amide bonds. The first-order valence-corrected chi connectivity index (χ1v) is 8.94. The lowest BCUT2D eigenvalue weighted by Crippen LogP contribution is -2.51. The number of carbonyl (C=O) groups is 1. The number of aliphatic hydroxyl groups excluding tert-OH is 1. The summed E-state index contributed by atoms with van der Waals surface area (Å²) in [5.41, 5.74) is 1.00. The molecular formula is C19H30N2O3. The maximum Gasteiger partial charge on any atom is 0.410 e. The Morgan fingerprint density at radius 3 is 2.75 bits per heavy atom. The minimum atomic E-state index is -0.226. The Morgan fingerprint density at radius 2 is 2.08 bits per heavy atom. The van der Waals surface area contributed by atoms with Crippen molar-refractivity contribution >= 4 is 6.09 Å². The lowest BCUT2D eigenvalue weighted by molar-refractivity contribution is 0.0488. The fourth-order valence-electron chi connectivity index (χ4n) is 3.19.